The maximum Gasteiger partial charge on any atom is 0.160 e. The van der Waals surface area contributed by atoms with Crippen molar-refractivity contribution in [2.45, 2.75) is 15.2 Å². The van der Waals surface area contributed by atoms with Gasteiger partial charge in [0.25, 0.3) is 0 Å². The molecule has 0 saturated heterocycles. The molecule has 234 valence electrons. The molecule has 1 aliphatic heterocycles. The maximum atomic E-state index is 5.14. The number of rotatable bonds is 4. The SMILES string of the molecule is c1ccc(-c2cc(-c3ccccc3)nc(-c3cccc(-c4cccc5c4Sc4ccccc4C54c5ccccc5-c5ccccc54)c3)n2)cc1. The highest BCUT2D eigenvalue weighted by molar-refractivity contribution is 7.99. The molecule has 0 atom stereocenters. The van der Waals surface area contributed by atoms with E-state index in [1.54, 1.807) is 0 Å². The molecule has 0 amide bonds. The van der Waals surface area contributed by atoms with Crippen LogP contribution in [0.2, 0.25) is 0 Å². The van der Waals surface area contributed by atoms with E-state index in [0.717, 1.165) is 33.6 Å². The quantitative estimate of drug-likeness (QED) is 0.189. The van der Waals surface area contributed by atoms with Crippen molar-refractivity contribution in [2.24, 2.45) is 0 Å². The number of aromatic nitrogens is 2. The van der Waals surface area contributed by atoms with Gasteiger partial charge >= 0.3 is 0 Å². The second-order valence-electron chi connectivity index (χ2n) is 12.9. The summed E-state index contributed by atoms with van der Waals surface area (Å²) in [6.07, 6.45) is 0. The Labute approximate surface area is 296 Å². The van der Waals surface area contributed by atoms with Crippen LogP contribution in [0.3, 0.4) is 0 Å². The van der Waals surface area contributed by atoms with E-state index in [1.807, 2.05) is 23.9 Å². The predicted octanol–water partition coefficient (Wildman–Crippen LogP) is 12.0. The van der Waals surface area contributed by atoms with Crippen LogP contribution in [0.15, 0.2) is 192 Å². The van der Waals surface area contributed by atoms with Crippen LogP contribution in [-0.4, -0.2) is 9.97 Å². The van der Waals surface area contributed by atoms with Crippen molar-refractivity contribution < 1.29 is 0 Å². The fourth-order valence-electron chi connectivity index (χ4n) is 8.02. The number of benzene rings is 7. The van der Waals surface area contributed by atoms with Gasteiger partial charge in [-0.2, -0.15) is 0 Å². The minimum Gasteiger partial charge on any atom is -0.228 e. The van der Waals surface area contributed by atoms with E-state index in [0.29, 0.717) is 5.82 Å². The molecule has 0 N–H and O–H groups in total. The van der Waals surface area contributed by atoms with Gasteiger partial charge in [0.2, 0.25) is 0 Å². The van der Waals surface area contributed by atoms with Gasteiger partial charge < -0.3 is 0 Å². The van der Waals surface area contributed by atoms with Crippen molar-refractivity contribution >= 4 is 11.8 Å². The molecule has 2 aliphatic rings. The summed E-state index contributed by atoms with van der Waals surface area (Å²) in [7, 11) is 0. The standard InChI is InChI=1S/C47H30N2S/c1-3-15-31(16-4-1)42-30-43(32-17-5-2-6-18-32)49-46(48-42)34-20-13-19-33(29-34)35-23-14-27-41-45(35)50-44-28-12-11-26-40(44)47(41)38-24-9-7-21-36(38)37-22-8-10-25-39(37)47/h1-30H. The van der Waals surface area contributed by atoms with E-state index < -0.39 is 5.41 Å². The fraction of sp³-hybridized carbons (Fsp3) is 0.0213. The second-order valence-corrected chi connectivity index (χ2v) is 13.9. The highest BCUT2D eigenvalue weighted by Gasteiger charge is 2.50. The average Bonchev–Trinajstić information content (AvgIpc) is 3.49. The molecular formula is C47H30N2S. The Hall–Kier alpha value is -6.03. The summed E-state index contributed by atoms with van der Waals surface area (Å²) in [5, 5.41) is 0. The molecule has 8 aromatic rings. The van der Waals surface area contributed by atoms with Crippen LogP contribution in [-0.2, 0) is 5.41 Å². The van der Waals surface area contributed by atoms with E-state index in [4.69, 9.17) is 9.97 Å². The second kappa shape index (κ2) is 11.5. The fourth-order valence-corrected chi connectivity index (χ4v) is 9.35. The van der Waals surface area contributed by atoms with Crippen LogP contribution in [0, 0.1) is 0 Å². The Balaban J connectivity index is 1.18. The van der Waals surface area contributed by atoms with Crippen molar-refractivity contribution in [2.75, 3.05) is 0 Å². The Bertz CT molecular complexity index is 2470. The topological polar surface area (TPSA) is 25.8 Å². The predicted molar refractivity (Wildman–Crippen MR) is 205 cm³/mol. The molecule has 1 spiro atoms. The Kier molecular flexibility index (Phi) is 6.68. The van der Waals surface area contributed by atoms with Crippen LogP contribution in [0.4, 0.5) is 0 Å². The molecule has 3 heteroatoms. The summed E-state index contributed by atoms with van der Waals surface area (Å²) < 4.78 is 0. The first kappa shape index (κ1) is 28.9. The first-order chi connectivity index (χ1) is 24.8. The summed E-state index contributed by atoms with van der Waals surface area (Å²) in [5.74, 6) is 0.713. The lowest BCUT2D eigenvalue weighted by atomic mass is 9.67. The third-order valence-corrected chi connectivity index (χ3v) is 11.4. The number of fused-ring (bicyclic) bond motifs is 9. The molecule has 0 saturated carbocycles. The summed E-state index contributed by atoms with van der Waals surface area (Å²) >= 11 is 1.88. The average molecular weight is 655 g/mol. The molecule has 1 aliphatic carbocycles. The first-order valence-electron chi connectivity index (χ1n) is 17.0. The van der Waals surface area contributed by atoms with Gasteiger partial charge in [-0.3, -0.25) is 0 Å². The van der Waals surface area contributed by atoms with E-state index >= 15 is 0 Å². The van der Waals surface area contributed by atoms with Crippen molar-refractivity contribution in [1.29, 1.82) is 0 Å². The third kappa shape index (κ3) is 4.37. The molecule has 10 rings (SSSR count). The lowest BCUT2D eigenvalue weighted by molar-refractivity contribution is 0.723. The van der Waals surface area contributed by atoms with Gasteiger partial charge in [-0.15, -0.1) is 0 Å². The largest absolute Gasteiger partial charge is 0.228 e. The van der Waals surface area contributed by atoms with Crippen LogP contribution in [0.1, 0.15) is 22.3 Å². The zero-order valence-corrected chi connectivity index (χ0v) is 27.9. The van der Waals surface area contributed by atoms with Crippen LogP contribution >= 0.6 is 11.8 Å². The minimum absolute atomic E-state index is 0.407. The highest BCUT2D eigenvalue weighted by atomic mass is 32.2. The van der Waals surface area contributed by atoms with Crippen molar-refractivity contribution in [1.82, 2.24) is 9.97 Å². The van der Waals surface area contributed by atoms with Crippen molar-refractivity contribution in [3.8, 4) is 56.2 Å². The smallest absolute Gasteiger partial charge is 0.160 e. The summed E-state index contributed by atoms with van der Waals surface area (Å²) in [6.45, 7) is 0. The highest BCUT2D eigenvalue weighted by Crippen LogP contribution is 2.63. The summed E-state index contributed by atoms with van der Waals surface area (Å²) in [4.78, 5) is 12.9. The molecule has 0 unspecified atom stereocenters. The van der Waals surface area contributed by atoms with Gasteiger partial charge in [0.05, 0.1) is 16.8 Å². The van der Waals surface area contributed by atoms with Crippen molar-refractivity contribution in [3.05, 3.63) is 204 Å². The van der Waals surface area contributed by atoms with Crippen molar-refractivity contribution in [3.63, 3.8) is 0 Å². The zero-order valence-electron chi connectivity index (χ0n) is 27.1. The molecular weight excluding hydrogens is 625 g/mol. The lowest BCUT2D eigenvalue weighted by Crippen LogP contribution is -2.32. The molecule has 0 radical (unpaired) electrons. The molecule has 50 heavy (non-hydrogen) atoms. The molecule has 0 bridgehead atoms. The molecule has 2 heterocycles. The lowest BCUT2D eigenvalue weighted by Gasteiger charge is -2.40. The number of hydrogen-bond acceptors (Lipinski definition) is 3. The van der Waals surface area contributed by atoms with E-state index in [2.05, 4.69) is 170 Å². The Morgan fingerprint density at radius 2 is 0.840 bits per heavy atom. The maximum absolute atomic E-state index is 5.14. The van der Waals surface area contributed by atoms with Crippen LogP contribution in [0.25, 0.3) is 56.2 Å². The molecule has 2 nitrogen and oxygen atoms in total. The summed E-state index contributed by atoms with van der Waals surface area (Å²) in [5.41, 5.74) is 14.9. The third-order valence-electron chi connectivity index (χ3n) is 10.2. The van der Waals surface area contributed by atoms with Gasteiger partial charge in [0, 0.05) is 26.5 Å². The number of hydrogen-bond donors (Lipinski definition) is 0. The minimum atomic E-state index is -0.407. The summed E-state index contributed by atoms with van der Waals surface area (Å²) in [6, 6.07) is 65.4. The Morgan fingerprint density at radius 3 is 1.50 bits per heavy atom. The zero-order chi connectivity index (χ0) is 33.1. The van der Waals surface area contributed by atoms with Crippen LogP contribution in [0.5, 0.6) is 0 Å². The van der Waals surface area contributed by atoms with Gasteiger partial charge in [-0.1, -0.05) is 176 Å². The molecule has 1 aromatic heterocycles. The Morgan fingerprint density at radius 1 is 0.360 bits per heavy atom. The normalized spacial score (nSPS) is 13.3. The molecule has 7 aromatic carbocycles. The number of nitrogens with zero attached hydrogens (tertiary/aromatic N) is 2. The first-order valence-corrected chi connectivity index (χ1v) is 17.8. The van der Waals surface area contributed by atoms with E-state index in [9.17, 15) is 0 Å². The van der Waals surface area contributed by atoms with E-state index in [-0.39, 0.29) is 0 Å². The molecule has 0 fully saturated rings. The van der Waals surface area contributed by atoms with E-state index in [1.165, 1.54) is 48.7 Å². The monoisotopic (exact) mass is 654 g/mol. The van der Waals surface area contributed by atoms with Gasteiger partial charge in [0.15, 0.2) is 5.82 Å². The van der Waals surface area contributed by atoms with Gasteiger partial charge in [-0.05, 0) is 62.7 Å². The van der Waals surface area contributed by atoms with Crippen LogP contribution < -0.4 is 0 Å². The van der Waals surface area contributed by atoms with Gasteiger partial charge in [0.1, 0.15) is 0 Å². The van der Waals surface area contributed by atoms with Gasteiger partial charge in [-0.25, -0.2) is 9.97 Å².